The monoisotopic (exact) mass is 386 g/mol. The number of carboxylic acids is 1. The van der Waals surface area contributed by atoms with Gasteiger partial charge in [-0.15, -0.1) is 0 Å². The van der Waals surface area contributed by atoms with E-state index in [0.29, 0.717) is 6.54 Å². The van der Waals surface area contributed by atoms with E-state index < -0.39 is 5.97 Å². The Morgan fingerprint density at radius 2 is 1.37 bits per heavy atom. The summed E-state index contributed by atoms with van der Waals surface area (Å²) < 4.78 is 0. The zero-order chi connectivity index (χ0) is 21.2. The summed E-state index contributed by atoms with van der Waals surface area (Å²) in [5.41, 5.74) is 0. The second-order valence-corrected chi connectivity index (χ2v) is 6.98. The first-order chi connectivity index (χ1) is 12.7. The van der Waals surface area contributed by atoms with Crippen molar-refractivity contribution in [3.63, 3.8) is 0 Å². The van der Waals surface area contributed by atoms with Gasteiger partial charge in [-0.25, -0.2) is 0 Å². The maximum absolute atomic E-state index is 11.5. The van der Waals surface area contributed by atoms with Gasteiger partial charge in [-0.1, -0.05) is 40.5 Å². The normalized spacial score (nSPS) is 12.4. The van der Waals surface area contributed by atoms with Gasteiger partial charge in [0.05, 0.1) is 0 Å². The molecule has 0 fully saturated rings. The lowest BCUT2D eigenvalue weighted by Gasteiger charge is -2.21. The van der Waals surface area contributed by atoms with E-state index in [1.807, 2.05) is 46.4 Å². The number of amides is 2. The second kappa shape index (κ2) is 17.8. The number of hydrogen-bond acceptors (Lipinski definition) is 3. The number of carbonyl (C=O) groups is 3. The SMILES string of the molecule is CCC(C)C(=O)N(CC)CC.CCC(C)C(=O)NCCCCCCC(=O)O. The lowest BCUT2D eigenvalue weighted by molar-refractivity contribution is -0.137. The van der Waals surface area contributed by atoms with E-state index in [-0.39, 0.29) is 30.1 Å². The first-order valence-corrected chi connectivity index (χ1v) is 10.5. The van der Waals surface area contributed by atoms with Crippen molar-refractivity contribution in [3.05, 3.63) is 0 Å². The highest BCUT2D eigenvalue weighted by atomic mass is 16.4. The molecule has 0 bridgehead atoms. The Bertz CT molecular complexity index is 409. The van der Waals surface area contributed by atoms with Crippen LogP contribution in [0.5, 0.6) is 0 Å². The number of hydrogen-bond donors (Lipinski definition) is 2. The Hall–Kier alpha value is -1.59. The molecule has 0 aromatic heterocycles. The van der Waals surface area contributed by atoms with Crippen molar-refractivity contribution in [2.45, 2.75) is 86.5 Å². The summed E-state index contributed by atoms with van der Waals surface area (Å²) in [6.45, 7) is 14.4. The molecular formula is C21H42N2O4. The molecule has 0 radical (unpaired) electrons. The second-order valence-electron chi connectivity index (χ2n) is 6.98. The van der Waals surface area contributed by atoms with Gasteiger partial charge in [-0.05, 0) is 39.5 Å². The fraction of sp³-hybridized carbons (Fsp3) is 0.857. The molecule has 160 valence electrons. The van der Waals surface area contributed by atoms with Crippen molar-refractivity contribution in [3.8, 4) is 0 Å². The molecule has 6 heteroatoms. The van der Waals surface area contributed by atoms with Crippen LogP contribution in [-0.2, 0) is 14.4 Å². The molecule has 0 aromatic carbocycles. The molecule has 2 atom stereocenters. The molecule has 2 unspecified atom stereocenters. The molecule has 27 heavy (non-hydrogen) atoms. The van der Waals surface area contributed by atoms with Gasteiger partial charge in [0, 0.05) is 37.9 Å². The third-order valence-electron chi connectivity index (χ3n) is 4.79. The van der Waals surface area contributed by atoms with Crippen molar-refractivity contribution in [1.82, 2.24) is 10.2 Å². The van der Waals surface area contributed by atoms with E-state index >= 15 is 0 Å². The van der Waals surface area contributed by atoms with E-state index in [2.05, 4.69) is 5.32 Å². The highest BCUT2D eigenvalue weighted by Gasteiger charge is 2.15. The van der Waals surface area contributed by atoms with Gasteiger partial charge in [-0.3, -0.25) is 14.4 Å². The minimum Gasteiger partial charge on any atom is -0.481 e. The number of nitrogens with zero attached hydrogens (tertiary/aromatic N) is 1. The number of carboxylic acid groups (broad SMARTS) is 1. The van der Waals surface area contributed by atoms with Crippen LogP contribution in [0.4, 0.5) is 0 Å². The van der Waals surface area contributed by atoms with Gasteiger partial charge in [0.25, 0.3) is 0 Å². The summed E-state index contributed by atoms with van der Waals surface area (Å²) in [6.07, 6.45) is 5.62. The Balaban J connectivity index is 0. The molecule has 0 heterocycles. The maximum Gasteiger partial charge on any atom is 0.303 e. The van der Waals surface area contributed by atoms with Gasteiger partial charge >= 0.3 is 5.97 Å². The molecule has 0 saturated heterocycles. The summed E-state index contributed by atoms with van der Waals surface area (Å²) in [5.74, 6) is -0.0440. The van der Waals surface area contributed by atoms with Gasteiger partial charge in [0.15, 0.2) is 0 Å². The Kier molecular flexibility index (Phi) is 18.2. The molecule has 6 nitrogen and oxygen atoms in total. The maximum atomic E-state index is 11.5. The number of rotatable bonds is 13. The molecular weight excluding hydrogens is 344 g/mol. The van der Waals surface area contributed by atoms with Crippen molar-refractivity contribution >= 4 is 17.8 Å². The zero-order valence-corrected chi connectivity index (χ0v) is 18.3. The van der Waals surface area contributed by atoms with Crippen molar-refractivity contribution in [2.75, 3.05) is 19.6 Å². The molecule has 0 rings (SSSR count). The average Bonchev–Trinajstić information content (AvgIpc) is 2.66. The number of aliphatic carboxylic acids is 1. The summed E-state index contributed by atoms with van der Waals surface area (Å²) in [7, 11) is 0. The smallest absolute Gasteiger partial charge is 0.303 e. The summed E-state index contributed by atoms with van der Waals surface area (Å²) >= 11 is 0. The van der Waals surface area contributed by atoms with Gasteiger partial charge in [-0.2, -0.15) is 0 Å². The van der Waals surface area contributed by atoms with E-state index in [1.54, 1.807) is 0 Å². The predicted octanol–water partition coefficient (Wildman–Crippen LogP) is 4.08. The van der Waals surface area contributed by atoms with E-state index in [1.165, 1.54) is 0 Å². The van der Waals surface area contributed by atoms with E-state index in [0.717, 1.165) is 51.6 Å². The van der Waals surface area contributed by atoms with Crippen LogP contribution >= 0.6 is 0 Å². The fourth-order valence-corrected chi connectivity index (χ4v) is 2.35. The van der Waals surface area contributed by atoms with Crippen molar-refractivity contribution in [1.29, 1.82) is 0 Å². The number of unbranched alkanes of at least 4 members (excludes halogenated alkanes) is 3. The van der Waals surface area contributed by atoms with Crippen LogP contribution in [0.15, 0.2) is 0 Å². The molecule has 2 amide bonds. The van der Waals surface area contributed by atoms with Crippen LogP contribution in [0.2, 0.25) is 0 Å². The Morgan fingerprint density at radius 3 is 1.81 bits per heavy atom. The average molecular weight is 387 g/mol. The lowest BCUT2D eigenvalue weighted by atomic mass is 10.1. The first-order valence-electron chi connectivity index (χ1n) is 10.5. The molecule has 0 saturated carbocycles. The minimum absolute atomic E-state index is 0.0898. The number of nitrogens with one attached hydrogen (secondary N) is 1. The topological polar surface area (TPSA) is 86.7 Å². The van der Waals surface area contributed by atoms with Crippen LogP contribution in [-0.4, -0.2) is 47.4 Å². The van der Waals surface area contributed by atoms with E-state index in [4.69, 9.17) is 5.11 Å². The van der Waals surface area contributed by atoms with Crippen LogP contribution in [0.1, 0.15) is 86.5 Å². The first kappa shape index (κ1) is 27.6. The lowest BCUT2D eigenvalue weighted by Crippen LogP contribution is -2.34. The van der Waals surface area contributed by atoms with Crippen LogP contribution in [0, 0.1) is 11.8 Å². The highest BCUT2D eigenvalue weighted by Crippen LogP contribution is 2.06. The molecule has 0 spiro atoms. The summed E-state index contributed by atoms with van der Waals surface area (Å²) in [4.78, 5) is 34.9. The zero-order valence-electron chi connectivity index (χ0n) is 18.3. The van der Waals surface area contributed by atoms with Crippen molar-refractivity contribution in [2.24, 2.45) is 11.8 Å². The van der Waals surface area contributed by atoms with Crippen LogP contribution in [0.3, 0.4) is 0 Å². The van der Waals surface area contributed by atoms with Gasteiger partial charge < -0.3 is 15.3 Å². The quantitative estimate of drug-likeness (QED) is 0.467. The highest BCUT2D eigenvalue weighted by molar-refractivity contribution is 5.78. The molecule has 0 aliphatic heterocycles. The van der Waals surface area contributed by atoms with Gasteiger partial charge in [0.1, 0.15) is 0 Å². The third-order valence-corrected chi connectivity index (χ3v) is 4.79. The largest absolute Gasteiger partial charge is 0.481 e. The summed E-state index contributed by atoms with van der Waals surface area (Å²) in [5, 5.41) is 11.3. The molecule has 2 N–H and O–H groups in total. The summed E-state index contributed by atoms with van der Waals surface area (Å²) in [6, 6.07) is 0. The molecule has 0 aromatic rings. The molecule has 0 aliphatic rings. The Labute approximate surface area is 166 Å². The van der Waals surface area contributed by atoms with Crippen molar-refractivity contribution < 1.29 is 19.5 Å². The van der Waals surface area contributed by atoms with E-state index in [9.17, 15) is 14.4 Å². The van der Waals surface area contributed by atoms with Crippen LogP contribution < -0.4 is 5.32 Å². The third kappa shape index (κ3) is 15.2. The molecule has 0 aliphatic carbocycles. The number of carbonyl (C=O) groups excluding carboxylic acids is 2. The van der Waals surface area contributed by atoms with Crippen LogP contribution in [0.25, 0.3) is 0 Å². The standard InChI is InChI=1S/C12H23NO3.C9H19NO/c1-3-10(2)12(16)13-9-7-5-4-6-8-11(14)15;1-5-8(4)9(11)10(6-2)7-3/h10H,3-9H2,1-2H3,(H,13,16)(H,14,15);8H,5-7H2,1-4H3. The van der Waals surface area contributed by atoms with Gasteiger partial charge in [0.2, 0.25) is 11.8 Å². The predicted molar refractivity (Wildman–Crippen MR) is 111 cm³/mol. The Morgan fingerprint density at radius 1 is 0.852 bits per heavy atom. The minimum atomic E-state index is -0.731. The fourth-order valence-electron chi connectivity index (χ4n) is 2.35.